The summed E-state index contributed by atoms with van der Waals surface area (Å²) in [5.74, 6) is -1.19. The highest BCUT2D eigenvalue weighted by molar-refractivity contribution is 7.09. The summed E-state index contributed by atoms with van der Waals surface area (Å²) in [7, 11) is 0. The van der Waals surface area contributed by atoms with Gasteiger partial charge in [0.05, 0.1) is 5.51 Å². The molecule has 16 heavy (non-hydrogen) atoms. The molecular formula is C10H12N2O3S. The number of hydrogen-bond acceptors (Lipinski definition) is 4. The Morgan fingerprint density at radius 2 is 2.38 bits per heavy atom. The van der Waals surface area contributed by atoms with Gasteiger partial charge in [-0.05, 0) is 19.8 Å². The van der Waals surface area contributed by atoms with E-state index < -0.39 is 12.0 Å². The number of hydrogen-bond donors (Lipinski definition) is 1. The second-order valence-electron chi connectivity index (χ2n) is 3.75. The van der Waals surface area contributed by atoms with Gasteiger partial charge in [0.1, 0.15) is 11.7 Å². The quantitative estimate of drug-likeness (QED) is 0.841. The highest BCUT2D eigenvalue weighted by Crippen LogP contribution is 2.22. The molecule has 2 heterocycles. The Kier molecular flexibility index (Phi) is 2.91. The molecule has 6 heteroatoms. The highest BCUT2D eigenvalue weighted by atomic mass is 32.1. The van der Waals surface area contributed by atoms with Gasteiger partial charge in [-0.3, -0.25) is 4.79 Å². The van der Waals surface area contributed by atoms with E-state index in [1.807, 2.05) is 6.92 Å². The largest absolute Gasteiger partial charge is 0.480 e. The van der Waals surface area contributed by atoms with Crippen LogP contribution in [0.1, 0.15) is 28.2 Å². The molecular weight excluding hydrogens is 228 g/mol. The minimum atomic E-state index is -0.932. The van der Waals surface area contributed by atoms with E-state index in [0.717, 1.165) is 11.3 Å². The van der Waals surface area contributed by atoms with Crippen molar-refractivity contribution in [2.24, 2.45) is 0 Å². The van der Waals surface area contributed by atoms with Crippen LogP contribution >= 0.6 is 11.3 Å². The second-order valence-corrected chi connectivity index (χ2v) is 4.81. The monoisotopic (exact) mass is 240 g/mol. The van der Waals surface area contributed by atoms with Crippen molar-refractivity contribution in [3.63, 3.8) is 0 Å². The Hall–Kier alpha value is -1.43. The fourth-order valence-corrected chi connectivity index (χ4v) is 2.48. The van der Waals surface area contributed by atoms with E-state index in [0.29, 0.717) is 18.7 Å². The zero-order valence-corrected chi connectivity index (χ0v) is 9.66. The van der Waals surface area contributed by atoms with Gasteiger partial charge in [0.15, 0.2) is 0 Å². The topological polar surface area (TPSA) is 70.5 Å². The van der Waals surface area contributed by atoms with Crippen LogP contribution in [0.3, 0.4) is 0 Å². The standard InChI is InChI=1S/C10H12N2O3S/c1-6-8(11-5-16-6)9(13)12-4-2-3-7(12)10(14)15/h5,7H,2-4H2,1H3,(H,14,15)/t7-/m0/s1. The van der Waals surface area contributed by atoms with Gasteiger partial charge in [-0.15, -0.1) is 11.3 Å². The number of carbonyl (C=O) groups excluding carboxylic acids is 1. The van der Waals surface area contributed by atoms with Crippen LogP contribution in [-0.4, -0.2) is 39.5 Å². The fraction of sp³-hybridized carbons (Fsp3) is 0.500. The van der Waals surface area contributed by atoms with Crippen molar-refractivity contribution in [3.05, 3.63) is 16.1 Å². The number of nitrogens with zero attached hydrogens (tertiary/aromatic N) is 2. The first-order valence-corrected chi connectivity index (χ1v) is 5.93. The van der Waals surface area contributed by atoms with Crippen LogP contribution in [0.15, 0.2) is 5.51 Å². The van der Waals surface area contributed by atoms with Gasteiger partial charge in [0, 0.05) is 11.4 Å². The van der Waals surface area contributed by atoms with Crippen molar-refractivity contribution in [3.8, 4) is 0 Å². The summed E-state index contributed by atoms with van der Waals surface area (Å²) >= 11 is 1.40. The smallest absolute Gasteiger partial charge is 0.326 e. The molecule has 1 amide bonds. The average Bonchev–Trinajstić information content (AvgIpc) is 2.84. The number of thiazole rings is 1. The van der Waals surface area contributed by atoms with Crippen molar-refractivity contribution >= 4 is 23.2 Å². The van der Waals surface area contributed by atoms with Crippen LogP contribution in [0.5, 0.6) is 0 Å². The molecule has 5 nitrogen and oxygen atoms in total. The first-order valence-electron chi connectivity index (χ1n) is 5.05. The third kappa shape index (κ3) is 1.80. The Morgan fingerprint density at radius 3 is 2.94 bits per heavy atom. The molecule has 0 aliphatic carbocycles. The zero-order valence-electron chi connectivity index (χ0n) is 8.84. The molecule has 1 N–H and O–H groups in total. The Labute approximate surface area is 96.7 Å². The molecule has 1 aromatic heterocycles. The normalized spacial score (nSPS) is 20.1. The first kappa shape index (κ1) is 11.1. The molecule has 1 aliphatic heterocycles. The average molecular weight is 240 g/mol. The van der Waals surface area contributed by atoms with Crippen LogP contribution in [0, 0.1) is 6.92 Å². The Bertz CT molecular complexity index is 429. The number of aromatic nitrogens is 1. The van der Waals surface area contributed by atoms with E-state index in [9.17, 15) is 9.59 Å². The summed E-state index contributed by atoms with van der Waals surface area (Å²) in [5, 5.41) is 8.99. The highest BCUT2D eigenvalue weighted by Gasteiger charge is 2.35. The van der Waals surface area contributed by atoms with Crippen molar-refractivity contribution in [1.29, 1.82) is 0 Å². The van der Waals surface area contributed by atoms with Crippen molar-refractivity contribution in [1.82, 2.24) is 9.88 Å². The van der Waals surface area contributed by atoms with E-state index >= 15 is 0 Å². The van der Waals surface area contributed by atoms with Crippen molar-refractivity contribution in [2.75, 3.05) is 6.54 Å². The molecule has 0 unspecified atom stereocenters. The first-order chi connectivity index (χ1) is 7.61. The second kappa shape index (κ2) is 4.21. The third-order valence-electron chi connectivity index (χ3n) is 2.75. The molecule has 1 fully saturated rings. The van der Waals surface area contributed by atoms with Crippen molar-refractivity contribution in [2.45, 2.75) is 25.8 Å². The van der Waals surface area contributed by atoms with Crippen molar-refractivity contribution < 1.29 is 14.7 Å². The Morgan fingerprint density at radius 1 is 1.62 bits per heavy atom. The van der Waals surface area contributed by atoms with Gasteiger partial charge in [0.2, 0.25) is 0 Å². The van der Waals surface area contributed by atoms with Crippen LogP contribution in [0.2, 0.25) is 0 Å². The molecule has 1 atom stereocenters. The molecule has 2 rings (SSSR count). The van der Waals surface area contributed by atoms with Gasteiger partial charge in [0.25, 0.3) is 5.91 Å². The fourth-order valence-electron chi connectivity index (χ4n) is 1.91. The number of carboxylic acids is 1. The summed E-state index contributed by atoms with van der Waals surface area (Å²) in [4.78, 5) is 29.2. The van der Waals surface area contributed by atoms with Gasteiger partial charge in [-0.1, -0.05) is 0 Å². The van der Waals surface area contributed by atoms with E-state index in [-0.39, 0.29) is 5.91 Å². The number of aryl methyl sites for hydroxylation is 1. The number of carboxylic acid groups (broad SMARTS) is 1. The zero-order chi connectivity index (χ0) is 11.7. The van der Waals surface area contributed by atoms with Gasteiger partial charge in [-0.2, -0.15) is 0 Å². The molecule has 0 saturated carbocycles. The van der Waals surface area contributed by atoms with Crippen LogP contribution in [-0.2, 0) is 4.79 Å². The lowest BCUT2D eigenvalue weighted by molar-refractivity contribution is -0.141. The van der Waals surface area contributed by atoms with E-state index in [4.69, 9.17) is 5.11 Å². The summed E-state index contributed by atoms with van der Waals surface area (Å²) in [6.45, 7) is 2.32. The molecule has 86 valence electrons. The van der Waals surface area contributed by atoms with Gasteiger partial charge >= 0.3 is 5.97 Å². The third-order valence-corrected chi connectivity index (χ3v) is 3.50. The summed E-state index contributed by atoms with van der Waals surface area (Å²) in [6, 6.07) is -0.686. The number of likely N-dealkylation sites (tertiary alicyclic amines) is 1. The maximum absolute atomic E-state index is 12.1. The number of rotatable bonds is 2. The summed E-state index contributed by atoms with van der Waals surface area (Å²) in [5.41, 5.74) is 1.99. The van der Waals surface area contributed by atoms with E-state index in [2.05, 4.69) is 4.98 Å². The molecule has 0 radical (unpaired) electrons. The van der Waals surface area contributed by atoms with Gasteiger partial charge < -0.3 is 10.0 Å². The lowest BCUT2D eigenvalue weighted by Crippen LogP contribution is -2.40. The molecule has 1 aromatic rings. The number of carbonyl (C=O) groups is 2. The maximum Gasteiger partial charge on any atom is 0.326 e. The van der Waals surface area contributed by atoms with Crippen LogP contribution in [0.25, 0.3) is 0 Å². The predicted molar refractivity (Wildman–Crippen MR) is 58.5 cm³/mol. The lowest BCUT2D eigenvalue weighted by Gasteiger charge is -2.20. The van der Waals surface area contributed by atoms with Crippen LogP contribution < -0.4 is 0 Å². The molecule has 0 spiro atoms. The van der Waals surface area contributed by atoms with Crippen LogP contribution in [0.4, 0.5) is 0 Å². The minimum Gasteiger partial charge on any atom is -0.480 e. The minimum absolute atomic E-state index is 0.261. The number of aliphatic carboxylic acids is 1. The molecule has 0 bridgehead atoms. The predicted octanol–water partition coefficient (Wildman–Crippen LogP) is 1.14. The van der Waals surface area contributed by atoms with E-state index in [1.54, 1.807) is 5.51 Å². The van der Waals surface area contributed by atoms with E-state index in [1.165, 1.54) is 16.2 Å². The SMILES string of the molecule is Cc1scnc1C(=O)N1CCC[C@H]1C(=O)O. The number of amides is 1. The molecule has 0 aromatic carbocycles. The maximum atomic E-state index is 12.1. The summed E-state index contributed by atoms with van der Waals surface area (Å²) in [6.07, 6.45) is 1.27. The van der Waals surface area contributed by atoms with Gasteiger partial charge in [-0.25, -0.2) is 9.78 Å². The molecule has 1 saturated heterocycles. The summed E-state index contributed by atoms with van der Waals surface area (Å²) < 4.78 is 0. The Balaban J connectivity index is 2.22. The molecule has 1 aliphatic rings. The lowest BCUT2D eigenvalue weighted by atomic mass is 10.2.